The Bertz CT molecular complexity index is 314. The van der Waals surface area contributed by atoms with Gasteiger partial charge in [-0.3, -0.25) is 4.79 Å². The molecule has 1 aromatic heterocycles. The van der Waals surface area contributed by atoms with E-state index in [2.05, 4.69) is 11.1 Å². The largest absolute Gasteiger partial charge is 0.367 e. The second kappa shape index (κ2) is 3.47. The van der Waals surface area contributed by atoms with Crippen molar-refractivity contribution in [2.24, 2.45) is 0 Å². The molecular weight excluding hydrogens is 164 g/mol. The van der Waals surface area contributed by atoms with Crippen molar-refractivity contribution in [1.82, 2.24) is 9.88 Å². The standard InChI is InChI=1S/C10H12N2O/c13-10(9-4-5-11-8-9)12-6-2-1-3-7-12/h1-2,4-5,8,11H,3,6-7H2. The second-order valence-corrected chi connectivity index (χ2v) is 3.11. The van der Waals surface area contributed by atoms with E-state index < -0.39 is 0 Å². The Balaban J connectivity index is 2.09. The van der Waals surface area contributed by atoms with Crippen LogP contribution in [0.5, 0.6) is 0 Å². The predicted octanol–water partition coefficient (Wildman–Crippen LogP) is 1.42. The Hall–Kier alpha value is -1.51. The molecular formula is C10H12N2O. The van der Waals surface area contributed by atoms with Gasteiger partial charge >= 0.3 is 0 Å². The van der Waals surface area contributed by atoms with Crippen LogP contribution >= 0.6 is 0 Å². The Morgan fingerprint density at radius 2 is 2.38 bits per heavy atom. The van der Waals surface area contributed by atoms with Crippen LogP contribution in [0.2, 0.25) is 0 Å². The number of carbonyl (C=O) groups is 1. The second-order valence-electron chi connectivity index (χ2n) is 3.11. The molecule has 0 spiro atoms. The lowest BCUT2D eigenvalue weighted by Crippen LogP contribution is -2.33. The van der Waals surface area contributed by atoms with Gasteiger partial charge in [-0.15, -0.1) is 0 Å². The van der Waals surface area contributed by atoms with Crippen LogP contribution in [-0.2, 0) is 0 Å². The van der Waals surface area contributed by atoms with Gasteiger partial charge in [-0.25, -0.2) is 0 Å². The molecule has 1 amide bonds. The molecule has 2 rings (SSSR count). The van der Waals surface area contributed by atoms with Gasteiger partial charge < -0.3 is 9.88 Å². The molecule has 3 heteroatoms. The molecule has 0 fully saturated rings. The minimum atomic E-state index is 0.116. The number of nitrogens with zero attached hydrogens (tertiary/aromatic N) is 1. The first-order valence-electron chi connectivity index (χ1n) is 4.45. The Morgan fingerprint density at radius 1 is 1.46 bits per heavy atom. The zero-order chi connectivity index (χ0) is 9.10. The van der Waals surface area contributed by atoms with E-state index in [1.165, 1.54) is 0 Å². The van der Waals surface area contributed by atoms with Crippen molar-refractivity contribution in [2.45, 2.75) is 6.42 Å². The molecule has 68 valence electrons. The maximum atomic E-state index is 11.7. The average molecular weight is 176 g/mol. The number of nitrogens with one attached hydrogen (secondary N) is 1. The van der Waals surface area contributed by atoms with Crippen LogP contribution in [0.1, 0.15) is 16.8 Å². The van der Waals surface area contributed by atoms with Crippen LogP contribution in [0.3, 0.4) is 0 Å². The summed E-state index contributed by atoms with van der Waals surface area (Å²) < 4.78 is 0. The molecule has 0 aromatic carbocycles. The Morgan fingerprint density at radius 3 is 3.00 bits per heavy atom. The summed E-state index contributed by atoms with van der Waals surface area (Å²) in [6.45, 7) is 1.57. The fourth-order valence-electron chi connectivity index (χ4n) is 1.47. The lowest BCUT2D eigenvalue weighted by molar-refractivity contribution is 0.0771. The lowest BCUT2D eigenvalue weighted by Gasteiger charge is -2.22. The van der Waals surface area contributed by atoms with E-state index in [0.29, 0.717) is 0 Å². The van der Waals surface area contributed by atoms with Gasteiger partial charge in [0.15, 0.2) is 0 Å². The van der Waals surface area contributed by atoms with Crippen molar-refractivity contribution >= 4 is 5.91 Å². The number of aromatic amines is 1. The molecule has 0 atom stereocenters. The minimum Gasteiger partial charge on any atom is -0.367 e. The lowest BCUT2D eigenvalue weighted by atomic mass is 10.2. The monoisotopic (exact) mass is 176 g/mol. The number of hydrogen-bond donors (Lipinski definition) is 1. The quantitative estimate of drug-likeness (QED) is 0.645. The molecule has 0 saturated carbocycles. The summed E-state index contributed by atoms with van der Waals surface area (Å²) >= 11 is 0. The molecule has 0 saturated heterocycles. The van der Waals surface area contributed by atoms with Gasteiger partial charge in [0, 0.05) is 25.5 Å². The summed E-state index contributed by atoms with van der Waals surface area (Å²) in [6, 6.07) is 1.81. The Labute approximate surface area is 77.1 Å². The summed E-state index contributed by atoms with van der Waals surface area (Å²) in [4.78, 5) is 16.5. The summed E-state index contributed by atoms with van der Waals surface area (Å²) in [6.07, 6.45) is 8.62. The number of rotatable bonds is 1. The fraction of sp³-hybridized carbons (Fsp3) is 0.300. The zero-order valence-corrected chi connectivity index (χ0v) is 7.36. The minimum absolute atomic E-state index is 0.116. The molecule has 0 aliphatic carbocycles. The van der Waals surface area contributed by atoms with Crippen LogP contribution in [0, 0.1) is 0 Å². The molecule has 3 nitrogen and oxygen atoms in total. The van der Waals surface area contributed by atoms with Crippen molar-refractivity contribution in [3.05, 3.63) is 36.2 Å². The van der Waals surface area contributed by atoms with E-state index in [4.69, 9.17) is 0 Å². The van der Waals surface area contributed by atoms with E-state index >= 15 is 0 Å². The summed E-state index contributed by atoms with van der Waals surface area (Å²) in [5.74, 6) is 0.116. The van der Waals surface area contributed by atoms with E-state index in [-0.39, 0.29) is 5.91 Å². The van der Waals surface area contributed by atoms with Crippen LogP contribution < -0.4 is 0 Å². The highest BCUT2D eigenvalue weighted by Crippen LogP contribution is 2.07. The molecule has 0 radical (unpaired) electrons. The summed E-state index contributed by atoms with van der Waals surface area (Å²) in [7, 11) is 0. The van der Waals surface area contributed by atoms with Crippen LogP contribution in [0.4, 0.5) is 0 Å². The normalized spacial score (nSPS) is 16.2. The number of H-pyrrole nitrogens is 1. The van der Waals surface area contributed by atoms with Crippen molar-refractivity contribution in [3.63, 3.8) is 0 Å². The first-order valence-corrected chi connectivity index (χ1v) is 4.45. The third kappa shape index (κ3) is 1.64. The van der Waals surface area contributed by atoms with Gasteiger partial charge in [-0.05, 0) is 12.5 Å². The first-order chi connectivity index (χ1) is 6.38. The summed E-state index contributed by atoms with van der Waals surface area (Å²) in [5.41, 5.74) is 0.746. The Kier molecular flexibility index (Phi) is 2.17. The van der Waals surface area contributed by atoms with Crippen molar-refractivity contribution in [1.29, 1.82) is 0 Å². The SMILES string of the molecule is O=C(c1cc[nH]c1)N1CC=CCC1. The third-order valence-corrected chi connectivity index (χ3v) is 2.19. The number of carbonyl (C=O) groups excluding carboxylic acids is 1. The van der Waals surface area contributed by atoms with E-state index in [1.807, 2.05) is 11.0 Å². The zero-order valence-electron chi connectivity index (χ0n) is 7.36. The molecule has 1 aliphatic rings. The maximum Gasteiger partial charge on any atom is 0.255 e. The van der Waals surface area contributed by atoms with Gasteiger partial charge in [-0.2, -0.15) is 0 Å². The molecule has 0 bridgehead atoms. The molecule has 0 unspecified atom stereocenters. The van der Waals surface area contributed by atoms with Gasteiger partial charge in [-0.1, -0.05) is 12.2 Å². The van der Waals surface area contributed by atoms with Gasteiger partial charge in [0.05, 0.1) is 5.56 Å². The number of aromatic nitrogens is 1. The van der Waals surface area contributed by atoms with Gasteiger partial charge in [0.2, 0.25) is 0 Å². The van der Waals surface area contributed by atoms with Crippen molar-refractivity contribution in [3.8, 4) is 0 Å². The average Bonchev–Trinajstić information content (AvgIpc) is 2.71. The van der Waals surface area contributed by atoms with Crippen LogP contribution in [-0.4, -0.2) is 28.9 Å². The molecule has 1 N–H and O–H groups in total. The van der Waals surface area contributed by atoms with E-state index in [1.54, 1.807) is 18.5 Å². The van der Waals surface area contributed by atoms with Gasteiger partial charge in [0.25, 0.3) is 5.91 Å². The highest BCUT2D eigenvalue weighted by molar-refractivity contribution is 5.94. The van der Waals surface area contributed by atoms with E-state index in [9.17, 15) is 4.79 Å². The molecule has 1 aliphatic heterocycles. The number of amides is 1. The molecule has 1 aromatic rings. The molecule has 13 heavy (non-hydrogen) atoms. The highest BCUT2D eigenvalue weighted by Gasteiger charge is 2.15. The van der Waals surface area contributed by atoms with E-state index in [0.717, 1.165) is 25.1 Å². The smallest absolute Gasteiger partial charge is 0.255 e. The first kappa shape index (κ1) is 8.10. The number of hydrogen-bond acceptors (Lipinski definition) is 1. The topological polar surface area (TPSA) is 36.1 Å². The maximum absolute atomic E-state index is 11.7. The molecule has 2 heterocycles. The van der Waals surface area contributed by atoms with Crippen molar-refractivity contribution in [2.75, 3.05) is 13.1 Å². The van der Waals surface area contributed by atoms with Crippen LogP contribution in [0.15, 0.2) is 30.6 Å². The highest BCUT2D eigenvalue weighted by atomic mass is 16.2. The fourth-order valence-corrected chi connectivity index (χ4v) is 1.47. The van der Waals surface area contributed by atoms with Gasteiger partial charge in [0.1, 0.15) is 0 Å². The van der Waals surface area contributed by atoms with Crippen molar-refractivity contribution < 1.29 is 4.79 Å². The third-order valence-electron chi connectivity index (χ3n) is 2.19. The summed E-state index contributed by atoms with van der Waals surface area (Å²) in [5, 5.41) is 0. The predicted molar refractivity (Wildman–Crippen MR) is 50.5 cm³/mol. The van der Waals surface area contributed by atoms with Crippen LogP contribution in [0.25, 0.3) is 0 Å².